The van der Waals surface area contributed by atoms with Crippen molar-refractivity contribution >= 4 is 28.3 Å². The third-order valence-electron chi connectivity index (χ3n) is 5.08. The Morgan fingerprint density at radius 2 is 1.88 bits per heavy atom. The van der Waals surface area contributed by atoms with Crippen LogP contribution < -0.4 is 15.5 Å². The number of aryl methyl sites for hydroxylation is 1. The number of nitrogens with one attached hydrogen (secondary N) is 1. The van der Waals surface area contributed by atoms with Crippen LogP contribution in [0.25, 0.3) is 22.3 Å². The lowest BCUT2D eigenvalue weighted by molar-refractivity contribution is -0.385. The third kappa shape index (κ3) is 4.44. The number of aromatic hydroxyl groups is 1. The number of anilines is 1. The summed E-state index contributed by atoms with van der Waals surface area (Å²) in [7, 11) is 0. The smallest absolute Gasteiger partial charge is 0.311 e. The fourth-order valence-electron chi connectivity index (χ4n) is 3.57. The maximum Gasteiger partial charge on any atom is 0.311 e. The summed E-state index contributed by atoms with van der Waals surface area (Å²) in [6.07, 6.45) is 0. The van der Waals surface area contributed by atoms with Crippen molar-refractivity contribution in [3.63, 3.8) is 0 Å². The Labute approximate surface area is 193 Å². The van der Waals surface area contributed by atoms with Crippen LogP contribution in [0, 0.1) is 17.0 Å². The Bertz CT molecular complexity index is 1480. The number of hydrogen-bond acceptors (Lipinski definition) is 7. The van der Waals surface area contributed by atoms with Gasteiger partial charge in [-0.15, -0.1) is 0 Å². The van der Waals surface area contributed by atoms with Gasteiger partial charge in [0.2, 0.25) is 17.1 Å². The fraction of sp³-hybridized carbons (Fsp3) is 0.120. The van der Waals surface area contributed by atoms with Gasteiger partial charge in [-0.1, -0.05) is 30.3 Å². The highest BCUT2D eigenvalue weighted by Gasteiger charge is 2.23. The third-order valence-corrected chi connectivity index (χ3v) is 5.08. The molecule has 0 saturated heterocycles. The van der Waals surface area contributed by atoms with Crippen LogP contribution in [0.4, 0.5) is 11.4 Å². The molecule has 0 fully saturated rings. The number of hydrogen-bond donors (Lipinski definition) is 2. The summed E-state index contributed by atoms with van der Waals surface area (Å²) in [5, 5.41) is 25.0. The quantitative estimate of drug-likeness (QED) is 0.308. The number of nitro groups is 1. The van der Waals surface area contributed by atoms with Gasteiger partial charge < -0.3 is 19.6 Å². The second kappa shape index (κ2) is 9.07. The van der Waals surface area contributed by atoms with E-state index in [0.29, 0.717) is 5.56 Å². The van der Waals surface area contributed by atoms with Crippen molar-refractivity contribution in [1.82, 2.24) is 0 Å². The summed E-state index contributed by atoms with van der Waals surface area (Å²) in [6, 6.07) is 16.3. The van der Waals surface area contributed by atoms with Crippen LogP contribution in [0.2, 0.25) is 0 Å². The van der Waals surface area contributed by atoms with E-state index in [0.717, 1.165) is 11.6 Å². The molecule has 1 amide bonds. The Balaban J connectivity index is 1.82. The molecule has 0 bridgehead atoms. The Morgan fingerprint density at radius 3 is 2.56 bits per heavy atom. The van der Waals surface area contributed by atoms with Crippen LogP contribution in [-0.4, -0.2) is 15.9 Å². The van der Waals surface area contributed by atoms with Gasteiger partial charge in [-0.05, 0) is 42.3 Å². The minimum atomic E-state index is -0.724. The molecule has 1 heterocycles. The van der Waals surface area contributed by atoms with Crippen LogP contribution in [0.3, 0.4) is 0 Å². The van der Waals surface area contributed by atoms with E-state index in [4.69, 9.17) is 9.15 Å². The standard InChI is InChI=1S/C25H20N2O7/c1-14-10-18-22(29)23(30)24(34-25(18)19(11-14)26-15(2)28)17-8-9-21(20(12-17)27(31)32)33-13-16-6-4-3-5-7-16/h3-12,30H,13H2,1-2H3,(H,26,28). The highest BCUT2D eigenvalue weighted by Crippen LogP contribution is 2.38. The van der Waals surface area contributed by atoms with Crippen LogP contribution in [0.1, 0.15) is 18.1 Å². The topological polar surface area (TPSA) is 132 Å². The highest BCUT2D eigenvalue weighted by atomic mass is 16.6. The van der Waals surface area contributed by atoms with Crippen LogP contribution in [0.15, 0.2) is 69.9 Å². The van der Waals surface area contributed by atoms with Crippen molar-refractivity contribution in [1.29, 1.82) is 0 Å². The molecule has 0 aliphatic carbocycles. The molecule has 0 spiro atoms. The lowest BCUT2D eigenvalue weighted by Gasteiger charge is -2.12. The fourth-order valence-corrected chi connectivity index (χ4v) is 3.57. The summed E-state index contributed by atoms with van der Waals surface area (Å²) < 4.78 is 11.5. The first kappa shape index (κ1) is 22.5. The minimum absolute atomic E-state index is 0.0230. The van der Waals surface area contributed by atoms with Gasteiger partial charge >= 0.3 is 5.69 Å². The van der Waals surface area contributed by atoms with E-state index in [2.05, 4.69) is 5.32 Å². The molecule has 0 aliphatic heterocycles. The second-order valence-electron chi connectivity index (χ2n) is 7.69. The molecule has 0 aliphatic rings. The number of amides is 1. The SMILES string of the molecule is CC(=O)Nc1cc(C)cc2c(=O)c(O)c(-c3ccc(OCc4ccccc4)c([N+](=O)[O-])c3)oc12. The van der Waals surface area contributed by atoms with Gasteiger partial charge in [-0.25, -0.2) is 0 Å². The number of nitrogens with zero attached hydrogens (tertiary/aromatic N) is 1. The van der Waals surface area contributed by atoms with E-state index < -0.39 is 16.1 Å². The van der Waals surface area contributed by atoms with Gasteiger partial charge in [0.05, 0.1) is 16.0 Å². The number of rotatable bonds is 6. The molecule has 0 unspecified atom stereocenters. The predicted octanol–water partition coefficient (Wildman–Crippen LogP) is 4.92. The largest absolute Gasteiger partial charge is 0.502 e. The maximum absolute atomic E-state index is 12.9. The van der Waals surface area contributed by atoms with Crippen LogP contribution >= 0.6 is 0 Å². The number of benzene rings is 3. The lowest BCUT2D eigenvalue weighted by Crippen LogP contribution is -2.09. The Hall–Kier alpha value is -4.66. The molecule has 0 saturated carbocycles. The van der Waals surface area contributed by atoms with Crippen LogP contribution in [-0.2, 0) is 11.4 Å². The number of carbonyl (C=O) groups is 1. The molecule has 34 heavy (non-hydrogen) atoms. The normalized spacial score (nSPS) is 10.8. The molecule has 0 atom stereocenters. The highest BCUT2D eigenvalue weighted by molar-refractivity contribution is 5.99. The Morgan fingerprint density at radius 1 is 1.15 bits per heavy atom. The predicted molar refractivity (Wildman–Crippen MR) is 126 cm³/mol. The van der Waals surface area contributed by atoms with Gasteiger partial charge in [-0.2, -0.15) is 0 Å². The van der Waals surface area contributed by atoms with E-state index in [1.54, 1.807) is 13.0 Å². The summed E-state index contributed by atoms with van der Waals surface area (Å²) in [5.74, 6) is -1.31. The van der Waals surface area contributed by atoms with Crippen molar-refractivity contribution in [3.05, 3.63) is 92.1 Å². The molecule has 0 radical (unpaired) electrons. The number of nitro benzene ring substituents is 1. The average molecular weight is 460 g/mol. The first-order valence-corrected chi connectivity index (χ1v) is 10.3. The van der Waals surface area contributed by atoms with E-state index in [9.17, 15) is 24.8 Å². The zero-order valence-electron chi connectivity index (χ0n) is 18.3. The molecule has 3 aromatic carbocycles. The maximum atomic E-state index is 12.9. The van der Waals surface area contributed by atoms with Gasteiger partial charge in [0.25, 0.3) is 0 Å². The molecule has 4 aromatic rings. The molecule has 9 nitrogen and oxygen atoms in total. The molecular formula is C25H20N2O7. The molecule has 9 heteroatoms. The average Bonchev–Trinajstić information content (AvgIpc) is 2.80. The zero-order chi connectivity index (χ0) is 24.4. The van der Waals surface area contributed by atoms with Gasteiger partial charge in [0, 0.05) is 18.6 Å². The van der Waals surface area contributed by atoms with Gasteiger partial charge in [-0.3, -0.25) is 19.7 Å². The summed E-state index contributed by atoms with van der Waals surface area (Å²) >= 11 is 0. The van der Waals surface area contributed by atoms with Crippen molar-refractivity contribution in [2.45, 2.75) is 20.5 Å². The molecule has 2 N–H and O–H groups in total. The van der Waals surface area contributed by atoms with E-state index in [1.165, 1.54) is 25.1 Å². The molecule has 1 aromatic heterocycles. The van der Waals surface area contributed by atoms with Crippen molar-refractivity contribution in [2.24, 2.45) is 0 Å². The number of fused-ring (bicyclic) bond motifs is 1. The van der Waals surface area contributed by atoms with Crippen molar-refractivity contribution in [3.8, 4) is 22.8 Å². The van der Waals surface area contributed by atoms with E-state index >= 15 is 0 Å². The summed E-state index contributed by atoms with van der Waals surface area (Å²) in [4.78, 5) is 35.6. The first-order chi connectivity index (χ1) is 16.2. The zero-order valence-corrected chi connectivity index (χ0v) is 18.3. The molecule has 172 valence electrons. The molecule has 4 rings (SSSR count). The number of ether oxygens (including phenoxy) is 1. The van der Waals surface area contributed by atoms with Gasteiger partial charge in [0.1, 0.15) is 6.61 Å². The van der Waals surface area contributed by atoms with Crippen molar-refractivity contribution in [2.75, 3.05) is 5.32 Å². The lowest BCUT2D eigenvalue weighted by atomic mass is 10.1. The molecular weight excluding hydrogens is 440 g/mol. The second-order valence-corrected chi connectivity index (χ2v) is 7.69. The van der Waals surface area contributed by atoms with Crippen LogP contribution in [0.5, 0.6) is 11.5 Å². The first-order valence-electron chi connectivity index (χ1n) is 10.3. The monoisotopic (exact) mass is 460 g/mol. The summed E-state index contributed by atoms with van der Waals surface area (Å²) in [5.41, 5.74) is 0.819. The van der Waals surface area contributed by atoms with Gasteiger partial charge in [0.15, 0.2) is 17.1 Å². The Kier molecular flexibility index (Phi) is 6.01. The van der Waals surface area contributed by atoms with E-state index in [-0.39, 0.29) is 51.9 Å². The number of carbonyl (C=O) groups excluding carboxylic acids is 1. The minimum Gasteiger partial charge on any atom is -0.502 e. The van der Waals surface area contributed by atoms with E-state index in [1.807, 2.05) is 30.3 Å². The van der Waals surface area contributed by atoms with Crippen molar-refractivity contribution < 1.29 is 24.0 Å². The summed E-state index contributed by atoms with van der Waals surface area (Å²) in [6.45, 7) is 3.16.